The van der Waals surface area contributed by atoms with E-state index < -0.39 is 29.8 Å². The number of esters is 2. The first-order valence-electron chi connectivity index (χ1n) is 5.31. The number of ether oxygens (including phenoxy) is 3. The molecule has 0 unspecified atom stereocenters. The van der Waals surface area contributed by atoms with Crippen LogP contribution in [0, 0.1) is 0 Å². The van der Waals surface area contributed by atoms with Gasteiger partial charge in [0, 0.05) is 0 Å². The first-order valence-corrected chi connectivity index (χ1v) is 5.31. The Balaban J connectivity index is 3.28. The van der Waals surface area contributed by atoms with E-state index in [1.165, 1.54) is 0 Å². The van der Waals surface area contributed by atoms with Gasteiger partial charge in [0.1, 0.15) is 5.75 Å². The van der Waals surface area contributed by atoms with Crippen molar-refractivity contribution in [3.05, 3.63) is 29.3 Å². The predicted molar refractivity (Wildman–Crippen MR) is 59.7 cm³/mol. The predicted octanol–water partition coefficient (Wildman–Crippen LogP) is -0.0187. The summed E-state index contributed by atoms with van der Waals surface area (Å²) in [6.07, 6.45) is -4.64. The van der Waals surface area contributed by atoms with Gasteiger partial charge in [-0.05, 0) is 18.2 Å². The molecule has 0 fully saturated rings. The molecule has 114 valence electrons. The van der Waals surface area contributed by atoms with Crippen LogP contribution in [0.25, 0.3) is 0 Å². The lowest BCUT2D eigenvalue weighted by molar-refractivity contribution is -0.350. The molecule has 9 heteroatoms. The van der Waals surface area contributed by atoms with Gasteiger partial charge in [-0.2, -0.15) is 8.78 Å². The van der Waals surface area contributed by atoms with Gasteiger partial charge in [0.15, 0.2) is 5.97 Å². The molecule has 7 nitrogen and oxygen atoms in total. The maximum Gasteiger partial charge on any atom is 0.441 e. The van der Waals surface area contributed by atoms with Crippen molar-refractivity contribution in [2.45, 2.75) is 6.11 Å². The minimum absolute atomic E-state index is 0.301. The van der Waals surface area contributed by atoms with Crippen molar-refractivity contribution in [2.24, 2.45) is 0 Å². The fraction of sp³-hybridized carbons (Fsp3) is 0.250. The van der Waals surface area contributed by atoms with Gasteiger partial charge in [-0.1, -0.05) is 0 Å². The third kappa shape index (κ3) is 3.88. The monoisotopic (exact) mass is 303 g/mol. The average molecular weight is 303 g/mol. The molecule has 1 aromatic rings. The maximum absolute atomic E-state index is 12.9. The van der Waals surface area contributed by atoms with Gasteiger partial charge in [-0.25, -0.2) is 9.59 Å². The van der Waals surface area contributed by atoms with Gasteiger partial charge >= 0.3 is 18.0 Å². The second kappa shape index (κ2) is 6.16. The summed E-state index contributed by atoms with van der Waals surface area (Å²) in [7, 11) is 2.06. The summed E-state index contributed by atoms with van der Waals surface area (Å²) in [5.74, 6) is -5.40. The average Bonchev–Trinajstić information content (AvgIpc) is 2.44. The van der Waals surface area contributed by atoms with Crippen molar-refractivity contribution >= 4 is 17.9 Å². The zero-order valence-corrected chi connectivity index (χ0v) is 10.8. The van der Waals surface area contributed by atoms with E-state index in [9.17, 15) is 28.3 Å². The molecular formula is C12H9F2O7-. The van der Waals surface area contributed by atoms with E-state index in [2.05, 4.69) is 14.2 Å². The van der Waals surface area contributed by atoms with Crippen molar-refractivity contribution in [2.75, 3.05) is 14.2 Å². The quantitative estimate of drug-likeness (QED) is 0.704. The molecule has 0 heterocycles. The summed E-state index contributed by atoms with van der Waals surface area (Å²) < 4.78 is 38.6. The second-order valence-corrected chi connectivity index (χ2v) is 3.64. The number of carboxylic acids is 1. The lowest BCUT2D eigenvalue weighted by Gasteiger charge is -2.19. The molecule has 0 spiro atoms. The zero-order valence-electron chi connectivity index (χ0n) is 10.8. The molecule has 0 saturated heterocycles. The standard InChI is InChI=1S/C12H10F2O7/c1-19-9(15)6-3-7(10(16)20-2)5-8(4-6)21-12(13,14)11(17)18/h3-5H,1-2H3,(H,17,18)/p-1. The highest BCUT2D eigenvalue weighted by Crippen LogP contribution is 2.25. The molecule has 0 amide bonds. The van der Waals surface area contributed by atoms with Gasteiger partial charge in [0.25, 0.3) is 0 Å². The zero-order chi connectivity index (χ0) is 16.2. The van der Waals surface area contributed by atoms with Gasteiger partial charge < -0.3 is 24.1 Å². The number of hydrogen-bond donors (Lipinski definition) is 0. The van der Waals surface area contributed by atoms with E-state index in [0.29, 0.717) is 0 Å². The third-order valence-corrected chi connectivity index (χ3v) is 2.23. The SMILES string of the molecule is COC(=O)c1cc(OC(F)(F)C(=O)[O-])cc(C(=O)OC)c1. The number of carboxylic acid groups (broad SMARTS) is 1. The number of carbonyl (C=O) groups is 3. The van der Waals surface area contributed by atoms with E-state index in [4.69, 9.17) is 0 Å². The molecule has 0 saturated carbocycles. The first-order chi connectivity index (χ1) is 9.71. The molecule has 21 heavy (non-hydrogen) atoms. The molecule has 0 aliphatic rings. The van der Waals surface area contributed by atoms with Crippen LogP contribution >= 0.6 is 0 Å². The van der Waals surface area contributed by atoms with Crippen LogP contribution in [0.15, 0.2) is 18.2 Å². The van der Waals surface area contributed by atoms with Crippen LogP contribution in [-0.4, -0.2) is 38.2 Å². The summed E-state index contributed by atoms with van der Waals surface area (Å²) in [5, 5.41) is 10.2. The van der Waals surface area contributed by atoms with E-state index in [1.54, 1.807) is 0 Å². The second-order valence-electron chi connectivity index (χ2n) is 3.64. The summed E-state index contributed by atoms with van der Waals surface area (Å²) in [6, 6.07) is 2.59. The van der Waals surface area contributed by atoms with Crippen LogP contribution in [0.2, 0.25) is 0 Å². The Morgan fingerprint density at radius 3 is 1.76 bits per heavy atom. The number of hydrogen-bond acceptors (Lipinski definition) is 7. The Labute approximate surface area is 117 Å². The highest BCUT2D eigenvalue weighted by atomic mass is 19.3. The van der Waals surface area contributed by atoms with Crippen LogP contribution in [0.4, 0.5) is 8.78 Å². The van der Waals surface area contributed by atoms with E-state index in [-0.39, 0.29) is 11.1 Å². The Morgan fingerprint density at radius 1 is 1.00 bits per heavy atom. The van der Waals surface area contributed by atoms with Crippen molar-refractivity contribution in [1.82, 2.24) is 0 Å². The molecule has 0 bridgehead atoms. The molecule has 1 rings (SSSR count). The van der Waals surface area contributed by atoms with Gasteiger partial charge in [-0.15, -0.1) is 0 Å². The smallest absolute Gasteiger partial charge is 0.441 e. The number of halogens is 2. The van der Waals surface area contributed by atoms with E-state index in [1.807, 2.05) is 0 Å². The molecule has 0 aromatic heterocycles. The minimum Gasteiger partial charge on any atom is -0.541 e. The largest absolute Gasteiger partial charge is 0.541 e. The topological polar surface area (TPSA) is 102 Å². The van der Waals surface area contributed by atoms with Crippen LogP contribution in [0.1, 0.15) is 20.7 Å². The maximum atomic E-state index is 12.9. The van der Waals surface area contributed by atoms with Crippen molar-refractivity contribution in [3.8, 4) is 5.75 Å². The molecule has 0 aliphatic heterocycles. The molecular weight excluding hydrogens is 294 g/mol. The van der Waals surface area contributed by atoms with Crippen molar-refractivity contribution < 1.29 is 42.5 Å². The Morgan fingerprint density at radius 2 is 1.43 bits per heavy atom. The normalized spacial score (nSPS) is 10.7. The Hall–Kier alpha value is -2.71. The van der Waals surface area contributed by atoms with E-state index >= 15 is 0 Å². The summed E-state index contributed by atoms with van der Waals surface area (Å²) in [6.45, 7) is 0. The fourth-order valence-electron chi connectivity index (χ4n) is 1.32. The lowest BCUT2D eigenvalue weighted by Crippen LogP contribution is -2.45. The number of aliphatic carboxylic acids is 1. The molecule has 1 aromatic carbocycles. The summed E-state index contributed by atoms with van der Waals surface area (Å²) >= 11 is 0. The van der Waals surface area contributed by atoms with Crippen LogP contribution in [-0.2, 0) is 14.3 Å². The summed E-state index contributed by atoms with van der Waals surface area (Å²) in [5.41, 5.74) is -0.603. The highest BCUT2D eigenvalue weighted by molar-refractivity contribution is 5.96. The number of carbonyl (C=O) groups excluding carboxylic acids is 3. The molecule has 0 aliphatic carbocycles. The van der Waals surface area contributed by atoms with Crippen molar-refractivity contribution in [1.29, 1.82) is 0 Å². The van der Waals surface area contributed by atoms with E-state index in [0.717, 1.165) is 32.4 Å². The van der Waals surface area contributed by atoms with Crippen LogP contribution < -0.4 is 9.84 Å². The third-order valence-electron chi connectivity index (χ3n) is 2.23. The number of methoxy groups -OCH3 is 2. The highest BCUT2D eigenvalue weighted by Gasteiger charge is 2.34. The number of rotatable bonds is 5. The van der Waals surface area contributed by atoms with Crippen LogP contribution in [0.3, 0.4) is 0 Å². The Bertz CT molecular complexity index is 549. The molecule has 0 atom stereocenters. The first kappa shape index (κ1) is 16.3. The molecule has 0 radical (unpaired) electrons. The van der Waals surface area contributed by atoms with Crippen LogP contribution in [0.5, 0.6) is 5.75 Å². The van der Waals surface area contributed by atoms with Gasteiger partial charge in [0.05, 0.1) is 25.3 Å². The molecule has 0 N–H and O–H groups in total. The Kier molecular flexibility index (Phi) is 4.79. The lowest BCUT2D eigenvalue weighted by atomic mass is 10.1. The fourth-order valence-corrected chi connectivity index (χ4v) is 1.32. The number of alkyl halides is 2. The van der Waals surface area contributed by atoms with Gasteiger partial charge in [0.2, 0.25) is 0 Å². The van der Waals surface area contributed by atoms with Crippen molar-refractivity contribution in [3.63, 3.8) is 0 Å². The number of benzene rings is 1. The summed E-state index contributed by atoms with van der Waals surface area (Å²) in [4.78, 5) is 33.0. The van der Waals surface area contributed by atoms with Gasteiger partial charge in [-0.3, -0.25) is 0 Å². The minimum atomic E-state index is -4.64.